The highest BCUT2D eigenvalue weighted by Gasteiger charge is 2.17. The van der Waals surface area contributed by atoms with Gasteiger partial charge in [-0.3, -0.25) is 0 Å². The van der Waals surface area contributed by atoms with Crippen molar-refractivity contribution in [2.75, 3.05) is 46.8 Å². The maximum Gasteiger partial charge on any atom is 0.000756 e. The summed E-state index contributed by atoms with van der Waals surface area (Å²) >= 11 is 0. The fourth-order valence-corrected chi connectivity index (χ4v) is 2.30. The Morgan fingerprint density at radius 1 is 1.27 bits per heavy atom. The third-order valence-corrected chi connectivity index (χ3v) is 3.40. The van der Waals surface area contributed by atoms with E-state index >= 15 is 0 Å². The topological polar surface area (TPSA) is 32.5 Å². The van der Waals surface area contributed by atoms with Crippen LogP contribution in [0.4, 0.5) is 0 Å². The number of unbranched alkanes of at least 4 members (excludes halogenated alkanes) is 1. The second kappa shape index (κ2) is 7.20. The molecule has 0 aromatic rings. The quantitative estimate of drug-likeness (QED) is 0.668. The standard InChI is InChI=1S/C12H27N3/c1-14-9-5-12(6-10-14)11-15(2)8-4-3-7-13/h12H,3-11,13H2,1-2H3. The van der Waals surface area contributed by atoms with Gasteiger partial charge in [0.2, 0.25) is 0 Å². The number of hydrogen-bond donors (Lipinski definition) is 1. The third kappa shape index (κ3) is 5.50. The molecule has 1 aliphatic heterocycles. The van der Waals surface area contributed by atoms with Gasteiger partial charge in [0.25, 0.3) is 0 Å². The van der Waals surface area contributed by atoms with Gasteiger partial charge in [-0.2, -0.15) is 0 Å². The molecule has 2 N–H and O–H groups in total. The summed E-state index contributed by atoms with van der Waals surface area (Å²) in [4.78, 5) is 4.91. The zero-order valence-corrected chi connectivity index (χ0v) is 10.4. The Morgan fingerprint density at radius 3 is 2.53 bits per heavy atom. The Hall–Kier alpha value is -0.120. The number of piperidine rings is 1. The molecule has 3 nitrogen and oxygen atoms in total. The molecule has 90 valence electrons. The van der Waals surface area contributed by atoms with Crippen LogP contribution in [0.1, 0.15) is 25.7 Å². The van der Waals surface area contributed by atoms with Gasteiger partial charge >= 0.3 is 0 Å². The van der Waals surface area contributed by atoms with Gasteiger partial charge in [-0.25, -0.2) is 0 Å². The Bertz CT molecular complexity index is 153. The van der Waals surface area contributed by atoms with Crippen molar-refractivity contribution in [3.8, 4) is 0 Å². The molecule has 0 aromatic heterocycles. The van der Waals surface area contributed by atoms with E-state index in [4.69, 9.17) is 5.73 Å². The van der Waals surface area contributed by atoms with E-state index < -0.39 is 0 Å². The molecule has 0 spiro atoms. The van der Waals surface area contributed by atoms with Crippen molar-refractivity contribution in [1.82, 2.24) is 9.80 Å². The Kier molecular flexibility index (Phi) is 6.22. The molecule has 1 heterocycles. The molecule has 1 aliphatic rings. The highest BCUT2D eigenvalue weighted by molar-refractivity contribution is 4.72. The van der Waals surface area contributed by atoms with E-state index in [0.29, 0.717) is 0 Å². The average Bonchev–Trinajstić information content (AvgIpc) is 2.22. The van der Waals surface area contributed by atoms with Crippen LogP contribution in [0.25, 0.3) is 0 Å². The minimum Gasteiger partial charge on any atom is -0.330 e. The molecule has 0 aliphatic carbocycles. The second-order valence-electron chi connectivity index (χ2n) is 5.00. The molecule has 0 saturated carbocycles. The molecular weight excluding hydrogens is 186 g/mol. The Balaban J connectivity index is 2.06. The van der Waals surface area contributed by atoms with Crippen LogP contribution >= 0.6 is 0 Å². The first-order valence-electron chi connectivity index (χ1n) is 6.29. The van der Waals surface area contributed by atoms with Crippen LogP contribution in [0, 0.1) is 5.92 Å². The number of rotatable bonds is 6. The van der Waals surface area contributed by atoms with Gasteiger partial charge in [-0.1, -0.05) is 0 Å². The predicted octanol–water partition coefficient (Wildman–Crippen LogP) is 0.999. The Morgan fingerprint density at radius 2 is 1.93 bits per heavy atom. The lowest BCUT2D eigenvalue weighted by atomic mass is 9.96. The van der Waals surface area contributed by atoms with Crippen molar-refractivity contribution < 1.29 is 0 Å². The average molecular weight is 213 g/mol. The summed E-state index contributed by atoms with van der Waals surface area (Å²) in [5.74, 6) is 0.920. The normalized spacial score (nSPS) is 20.0. The van der Waals surface area contributed by atoms with Gasteiger partial charge in [0.15, 0.2) is 0 Å². The fraction of sp³-hybridized carbons (Fsp3) is 1.00. The van der Waals surface area contributed by atoms with Crippen molar-refractivity contribution in [3.05, 3.63) is 0 Å². The first-order chi connectivity index (χ1) is 7.22. The molecule has 0 bridgehead atoms. The number of likely N-dealkylation sites (tertiary alicyclic amines) is 1. The van der Waals surface area contributed by atoms with Gasteiger partial charge in [0, 0.05) is 6.54 Å². The minimum absolute atomic E-state index is 0.835. The molecule has 1 rings (SSSR count). The van der Waals surface area contributed by atoms with E-state index in [1.54, 1.807) is 0 Å². The summed E-state index contributed by atoms with van der Waals surface area (Å²) in [5, 5.41) is 0. The lowest BCUT2D eigenvalue weighted by Crippen LogP contribution is -2.36. The summed E-state index contributed by atoms with van der Waals surface area (Å²) in [7, 11) is 4.47. The van der Waals surface area contributed by atoms with Crippen LogP contribution in [0.5, 0.6) is 0 Å². The molecule has 0 radical (unpaired) electrons. The molecule has 1 fully saturated rings. The first-order valence-corrected chi connectivity index (χ1v) is 6.29. The van der Waals surface area contributed by atoms with Crippen molar-refractivity contribution in [2.24, 2.45) is 11.7 Å². The summed E-state index contributed by atoms with van der Waals surface area (Å²) in [6.07, 6.45) is 5.16. The van der Waals surface area contributed by atoms with Crippen LogP contribution < -0.4 is 5.73 Å². The van der Waals surface area contributed by atoms with Gasteiger partial charge in [0.1, 0.15) is 0 Å². The van der Waals surface area contributed by atoms with E-state index in [1.165, 1.54) is 45.4 Å². The third-order valence-electron chi connectivity index (χ3n) is 3.40. The second-order valence-corrected chi connectivity index (χ2v) is 5.00. The number of hydrogen-bond acceptors (Lipinski definition) is 3. The SMILES string of the molecule is CN1CCC(CN(C)CCCCN)CC1. The van der Waals surface area contributed by atoms with Gasteiger partial charge in [0.05, 0.1) is 0 Å². The number of nitrogens with two attached hydrogens (primary N) is 1. The highest BCUT2D eigenvalue weighted by Crippen LogP contribution is 2.16. The lowest BCUT2D eigenvalue weighted by molar-refractivity contribution is 0.175. The van der Waals surface area contributed by atoms with Crippen LogP contribution in [-0.2, 0) is 0 Å². The smallest absolute Gasteiger partial charge is 0.000756 e. The van der Waals surface area contributed by atoms with E-state index in [2.05, 4.69) is 23.9 Å². The number of nitrogens with zero attached hydrogens (tertiary/aromatic N) is 2. The van der Waals surface area contributed by atoms with Crippen LogP contribution in [0.2, 0.25) is 0 Å². The fourth-order valence-electron chi connectivity index (χ4n) is 2.30. The zero-order chi connectivity index (χ0) is 11.1. The van der Waals surface area contributed by atoms with E-state index in [0.717, 1.165) is 18.9 Å². The van der Waals surface area contributed by atoms with Gasteiger partial charge in [-0.05, 0) is 71.9 Å². The maximum absolute atomic E-state index is 5.49. The lowest BCUT2D eigenvalue weighted by Gasteiger charge is -2.31. The first kappa shape index (κ1) is 12.9. The van der Waals surface area contributed by atoms with Crippen molar-refractivity contribution in [2.45, 2.75) is 25.7 Å². The van der Waals surface area contributed by atoms with Gasteiger partial charge < -0.3 is 15.5 Å². The summed E-state index contributed by atoms with van der Waals surface area (Å²) in [6.45, 7) is 5.88. The summed E-state index contributed by atoms with van der Waals surface area (Å²) in [6, 6.07) is 0. The van der Waals surface area contributed by atoms with Crippen molar-refractivity contribution >= 4 is 0 Å². The molecular formula is C12H27N3. The van der Waals surface area contributed by atoms with Gasteiger partial charge in [-0.15, -0.1) is 0 Å². The van der Waals surface area contributed by atoms with Crippen LogP contribution in [0.15, 0.2) is 0 Å². The molecule has 15 heavy (non-hydrogen) atoms. The molecule has 0 unspecified atom stereocenters. The van der Waals surface area contributed by atoms with E-state index in [9.17, 15) is 0 Å². The van der Waals surface area contributed by atoms with E-state index in [-0.39, 0.29) is 0 Å². The maximum atomic E-state index is 5.49. The zero-order valence-electron chi connectivity index (χ0n) is 10.4. The molecule has 0 amide bonds. The van der Waals surface area contributed by atoms with Crippen LogP contribution in [0.3, 0.4) is 0 Å². The minimum atomic E-state index is 0.835. The molecule has 3 heteroatoms. The van der Waals surface area contributed by atoms with E-state index in [1.807, 2.05) is 0 Å². The Labute approximate surface area is 94.6 Å². The molecule has 1 saturated heterocycles. The predicted molar refractivity (Wildman–Crippen MR) is 66.0 cm³/mol. The largest absolute Gasteiger partial charge is 0.330 e. The highest BCUT2D eigenvalue weighted by atomic mass is 15.1. The summed E-state index contributed by atoms with van der Waals surface area (Å²) < 4.78 is 0. The van der Waals surface area contributed by atoms with Crippen LogP contribution in [-0.4, -0.2) is 56.6 Å². The summed E-state index contributed by atoms with van der Waals surface area (Å²) in [5.41, 5.74) is 5.49. The molecule has 0 aromatic carbocycles. The van der Waals surface area contributed by atoms with Crippen molar-refractivity contribution in [3.63, 3.8) is 0 Å². The molecule has 0 atom stereocenters. The van der Waals surface area contributed by atoms with Crippen molar-refractivity contribution in [1.29, 1.82) is 0 Å². The monoisotopic (exact) mass is 213 g/mol.